The molecule has 1 unspecified atom stereocenters. The Morgan fingerprint density at radius 1 is 1.48 bits per heavy atom. The predicted molar refractivity (Wildman–Crippen MR) is 112 cm³/mol. The fourth-order valence-electron chi connectivity index (χ4n) is 2.90. The summed E-state index contributed by atoms with van der Waals surface area (Å²) in [5, 5.41) is 5.76. The molecule has 7 nitrogen and oxygen atoms in total. The van der Waals surface area contributed by atoms with Gasteiger partial charge in [-0.15, -0.1) is 24.0 Å². The van der Waals surface area contributed by atoms with Gasteiger partial charge in [-0.25, -0.2) is 4.98 Å². The normalized spacial score (nSPS) is 17.8. The number of carbonyl (C=O) groups is 1. The van der Waals surface area contributed by atoms with Gasteiger partial charge in [-0.3, -0.25) is 14.7 Å². The minimum atomic E-state index is -0.0960. The zero-order valence-corrected chi connectivity index (χ0v) is 17.3. The van der Waals surface area contributed by atoms with Gasteiger partial charge < -0.3 is 16.4 Å². The highest BCUT2D eigenvalue weighted by atomic mass is 127. The van der Waals surface area contributed by atoms with Crippen LogP contribution >= 0.6 is 24.0 Å². The summed E-state index contributed by atoms with van der Waals surface area (Å²) in [5.74, 6) is 0.878. The van der Waals surface area contributed by atoms with E-state index in [0.29, 0.717) is 37.3 Å². The molecule has 1 aliphatic heterocycles. The first-order valence-electron chi connectivity index (χ1n) is 8.60. The Labute approximate surface area is 166 Å². The van der Waals surface area contributed by atoms with E-state index in [1.807, 2.05) is 19.1 Å². The molecule has 8 heteroatoms. The average molecular weight is 460 g/mol. The number of halogens is 1. The molecule has 0 spiro atoms. The molecule has 1 aliphatic rings. The number of amides is 1. The molecule has 1 aromatic heterocycles. The number of likely N-dealkylation sites (tertiary alicyclic amines) is 1. The lowest BCUT2D eigenvalue weighted by atomic mass is 10.2. The topological polar surface area (TPSA) is 95.6 Å². The number of nitrogens with one attached hydrogen (secondary N) is 2. The Morgan fingerprint density at radius 3 is 3.00 bits per heavy atom. The van der Waals surface area contributed by atoms with Gasteiger partial charge in [-0.2, -0.15) is 0 Å². The van der Waals surface area contributed by atoms with Crippen LogP contribution in [0.15, 0.2) is 23.2 Å². The second kappa shape index (κ2) is 11.2. The summed E-state index contributed by atoms with van der Waals surface area (Å²) in [7, 11) is 0. The first kappa shape index (κ1) is 21.6. The minimum absolute atomic E-state index is 0. The van der Waals surface area contributed by atoms with Crippen molar-refractivity contribution in [1.29, 1.82) is 0 Å². The number of anilines is 1. The largest absolute Gasteiger partial charge is 0.370 e. The Kier molecular flexibility index (Phi) is 9.73. The number of aromatic nitrogens is 1. The molecule has 1 fully saturated rings. The van der Waals surface area contributed by atoms with E-state index in [9.17, 15) is 4.79 Å². The highest BCUT2D eigenvalue weighted by molar-refractivity contribution is 14.0. The molecule has 2 heterocycles. The van der Waals surface area contributed by atoms with Crippen LogP contribution in [-0.4, -0.2) is 54.0 Å². The first-order valence-corrected chi connectivity index (χ1v) is 8.60. The summed E-state index contributed by atoms with van der Waals surface area (Å²) in [6.07, 6.45) is 2.72. The Hall–Kier alpha value is -1.42. The Morgan fingerprint density at radius 2 is 2.28 bits per heavy atom. The monoisotopic (exact) mass is 460 g/mol. The van der Waals surface area contributed by atoms with Crippen LogP contribution in [0.1, 0.15) is 31.9 Å². The van der Waals surface area contributed by atoms with Gasteiger partial charge in [0.05, 0.1) is 6.54 Å². The number of carbonyl (C=O) groups excluding carboxylic acids is 1. The third-order valence-electron chi connectivity index (χ3n) is 4.19. The molecule has 1 aromatic rings. The summed E-state index contributed by atoms with van der Waals surface area (Å²) in [6.45, 7) is 7.43. The predicted octanol–water partition coefficient (Wildman–Crippen LogP) is 1.73. The van der Waals surface area contributed by atoms with Gasteiger partial charge in [0.1, 0.15) is 5.82 Å². The number of hydrogen-bond donors (Lipinski definition) is 3. The van der Waals surface area contributed by atoms with Crippen LogP contribution in [-0.2, 0) is 4.79 Å². The highest BCUT2D eigenvalue weighted by Gasteiger charge is 2.22. The van der Waals surface area contributed by atoms with Gasteiger partial charge in [0.2, 0.25) is 5.91 Å². The fourth-order valence-corrected chi connectivity index (χ4v) is 2.90. The van der Waals surface area contributed by atoms with E-state index in [1.54, 1.807) is 6.07 Å². The number of nitrogens with two attached hydrogens (primary N) is 1. The van der Waals surface area contributed by atoms with Crippen molar-refractivity contribution < 1.29 is 4.79 Å². The van der Waals surface area contributed by atoms with Crippen LogP contribution in [0.5, 0.6) is 0 Å². The fraction of sp³-hybridized carbons (Fsp3) is 0.588. The SMILES string of the molecule is CCN1CCCC1CN=C(N)NCCC(=O)Nc1cccc(C)n1.I. The summed E-state index contributed by atoms with van der Waals surface area (Å²) in [6, 6.07) is 6.02. The Balaban J connectivity index is 0.00000312. The van der Waals surface area contributed by atoms with Gasteiger partial charge in [-0.1, -0.05) is 13.0 Å². The van der Waals surface area contributed by atoms with Crippen LogP contribution in [0, 0.1) is 6.92 Å². The number of rotatable bonds is 7. The lowest BCUT2D eigenvalue weighted by Crippen LogP contribution is -2.36. The lowest BCUT2D eigenvalue weighted by Gasteiger charge is -2.20. The Bertz CT molecular complexity index is 580. The van der Waals surface area contributed by atoms with Gasteiger partial charge in [0, 0.05) is 24.7 Å². The number of likely N-dealkylation sites (N-methyl/N-ethyl adjacent to an activating group) is 1. The highest BCUT2D eigenvalue weighted by Crippen LogP contribution is 2.16. The number of guanidine groups is 1. The maximum absolute atomic E-state index is 11.9. The molecule has 1 saturated heterocycles. The molecule has 0 saturated carbocycles. The molecule has 25 heavy (non-hydrogen) atoms. The van der Waals surface area contributed by atoms with Gasteiger partial charge in [0.25, 0.3) is 0 Å². The van der Waals surface area contributed by atoms with E-state index < -0.39 is 0 Å². The van der Waals surface area contributed by atoms with Crippen LogP contribution in [0.3, 0.4) is 0 Å². The molecule has 140 valence electrons. The average Bonchev–Trinajstić information content (AvgIpc) is 3.00. The van der Waals surface area contributed by atoms with Crippen molar-refractivity contribution in [2.75, 3.05) is 31.5 Å². The van der Waals surface area contributed by atoms with Crippen molar-refractivity contribution in [2.45, 2.75) is 39.2 Å². The number of hydrogen-bond acceptors (Lipinski definition) is 4. The second-order valence-electron chi connectivity index (χ2n) is 6.04. The van der Waals surface area contributed by atoms with Crippen molar-refractivity contribution in [1.82, 2.24) is 15.2 Å². The molecule has 0 aliphatic carbocycles. The molecule has 2 rings (SSSR count). The van der Waals surface area contributed by atoms with E-state index in [4.69, 9.17) is 5.73 Å². The summed E-state index contributed by atoms with van der Waals surface area (Å²) in [5.41, 5.74) is 6.74. The van der Waals surface area contributed by atoms with E-state index in [1.165, 1.54) is 12.8 Å². The molecule has 1 atom stereocenters. The first-order chi connectivity index (χ1) is 11.6. The van der Waals surface area contributed by atoms with Crippen molar-refractivity contribution in [3.8, 4) is 0 Å². The molecule has 0 bridgehead atoms. The van der Waals surface area contributed by atoms with Crippen molar-refractivity contribution in [3.63, 3.8) is 0 Å². The summed E-state index contributed by atoms with van der Waals surface area (Å²) in [4.78, 5) is 22.9. The summed E-state index contributed by atoms with van der Waals surface area (Å²) >= 11 is 0. The third kappa shape index (κ3) is 7.55. The molecular formula is C17H29IN6O. The molecule has 1 amide bonds. The zero-order valence-electron chi connectivity index (χ0n) is 15.0. The second-order valence-corrected chi connectivity index (χ2v) is 6.04. The van der Waals surface area contributed by atoms with Crippen molar-refractivity contribution in [3.05, 3.63) is 23.9 Å². The maximum Gasteiger partial charge on any atom is 0.227 e. The van der Waals surface area contributed by atoms with Crippen LogP contribution < -0.4 is 16.4 Å². The molecule has 0 radical (unpaired) electrons. The van der Waals surface area contributed by atoms with E-state index >= 15 is 0 Å². The standard InChI is InChI=1S/C17H28N6O.HI/c1-3-23-11-5-7-14(23)12-20-17(18)19-10-9-16(24)22-15-8-4-6-13(2)21-15;/h4,6,8,14H,3,5,7,9-12H2,1-2H3,(H3,18,19,20)(H,21,22,24);1H. The summed E-state index contributed by atoms with van der Waals surface area (Å²) < 4.78 is 0. The van der Waals surface area contributed by atoms with Gasteiger partial charge >= 0.3 is 0 Å². The zero-order chi connectivity index (χ0) is 17.4. The lowest BCUT2D eigenvalue weighted by molar-refractivity contribution is -0.116. The van der Waals surface area contributed by atoms with Crippen LogP contribution in [0.25, 0.3) is 0 Å². The van der Waals surface area contributed by atoms with Crippen LogP contribution in [0.4, 0.5) is 5.82 Å². The minimum Gasteiger partial charge on any atom is -0.370 e. The number of aryl methyl sites for hydroxylation is 1. The van der Waals surface area contributed by atoms with E-state index in [0.717, 1.165) is 18.8 Å². The third-order valence-corrected chi connectivity index (χ3v) is 4.19. The number of aliphatic imine (C=N–C) groups is 1. The quantitative estimate of drug-likeness (QED) is 0.327. The van der Waals surface area contributed by atoms with Crippen molar-refractivity contribution in [2.24, 2.45) is 10.7 Å². The van der Waals surface area contributed by atoms with Gasteiger partial charge in [-0.05, 0) is 45.0 Å². The van der Waals surface area contributed by atoms with Crippen molar-refractivity contribution >= 4 is 41.7 Å². The number of pyridine rings is 1. The van der Waals surface area contributed by atoms with E-state index in [-0.39, 0.29) is 29.9 Å². The molecular weight excluding hydrogens is 431 g/mol. The van der Waals surface area contributed by atoms with E-state index in [2.05, 4.69) is 32.4 Å². The van der Waals surface area contributed by atoms with Gasteiger partial charge in [0.15, 0.2) is 5.96 Å². The molecule has 0 aromatic carbocycles. The van der Waals surface area contributed by atoms with Crippen LogP contribution in [0.2, 0.25) is 0 Å². The smallest absolute Gasteiger partial charge is 0.227 e. The number of nitrogens with zero attached hydrogens (tertiary/aromatic N) is 3. The molecule has 4 N–H and O–H groups in total. The maximum atomic E-state index is 11.9.